The van der Waals surface area contributed by atoms with Gasteiger partial charge in [-0.05, 0) is 54.2 Å². The quantitative estimate of drug-likeness (QED) is 0.331. The van der Waals surface area contributed by atoms with Crippen LogP contribution in [0.15, 0.2) is 60.0 Å². The topological polar surface area (TPSA) is 144 Å². The first kappa shape index (κ1) is 28.7. The maximum atomic E-state index is 12.8. The number of hydrogen-bond acceptors (Lipinski definition) is 7. The van der Waals surface area contributed by atoms with Gasteiger partial charge in [0.1, 0.15) is 6.54 Å². The van der Waals surface area contributed by atoms with Gasteiger partial charge in [-0.15, -0.1) is 0 Å². The number of imide groups is 1. The van der Waals surface area contributed by atoms with Gasteiger partial charge in [-0.1, -0.05) is 19.1 Å². The van der Waals surface area contributed by atoms with Crippen molar-refractivity contribution in [3.63, 3.8) is 0 Å². The van der Waals surface area contributed by atoms with E-state index in [2.05, 4.69) is 20.7 Å². The summed E-state index contributed by atoms with van der Waals surface area (Å²) in [5.41, 5.74) is 4.56. The highest BCUT2D eigenvalue weighted by molar-refractivity contribution is 6.14. The molecule has 0 spiro atoms. The average Bonchev–Trinajstić information content (AvgIpc) is 3.55. The van der Waals surface area contributed by atoms with Crippen LogP contribution in [0.25, 0.3) is 0 Å². The van der Waals surface area contributed by atoms with Gasteiger partial charge in [0.25, 0.3) is 11.8 Å². The van der Waals surface area contributed by atoms with Crippen LogP contribution < -0.4 is 10.6 Å². The summed E-state index contributed by atoms with van der Waals surface area (Å²) in [7, 11) is 0. The molecule has 218 valence electrons. The van der Waals surface area contributed by atoms with Crippen molar-refractivity contribution in [1.82, 2.24) is 25.1 Å². The number of urea groups is 1. The molecule has 2 N–H and O–H groups in total. The molecule has 0 fully saturated rings. The number of amides is 6. The highest BCUT2D eigenvalue weighted by Crippen LogP contribution is 2.24. The number of hydrogen-bond donors (Lipinski definition) is 2. The minimum atomic E-state index is -0.486. The van der Waals surface area contributed by atoms with Crippen molar-refractivity contribution in [3.8, 4) is 0 Å². The number of hydrazone groups is 1. The van der Waals surface area contributed by atoms with Crippen LogP contribution >= 0.6 is 0 Å². The second kappa shape index (κ2) is 12.8. The van der Waals surface area contributed by atoms with Gasteiger partial charge in [-0.2, -0.15) is 5.10 Å². The number of anilines is 1. The Labute approximate surface area is 243 Å². The summed E-state index contributed by atoms with van der Waals surface area (Å²) in [4.78, 5) is 67.3. The summed E-state index contributed by atoms with van der Waals surface area (Å²) in [5.74, 6) is -1.43. The average molecular weight is 572 g/mol. The Hall–Kier alpha value is -4.87. The fourth-order valence-corrected chi connectivity index (χ4v) is 5.13. The van der Waals surface area contributed by atoms with E-state index in [9.17, 15) is 24.0 Å². The van der Waals surface area contributed by atoms with Gasteiger partial charge in [-0.3, -0.25) is 29.1 Å². The lowest BCUT2D eigenvalue weighted by molar-refractivity contribution is -0.141. The molecule has 0 saturated heterocycles. The Morgan fingerprint density at radius 1 is 0.952 bits per heavy atom. The Bertz CT molecular complexity index is 1410. The number of carbonyl (C=O) groups is 5. The number of benzene rings is 1. The molecule has 0 bridgehead atoms. The van der Waals surface area contributed by atoms with Crippen LogP contribution in [0, 0.1) is 5.92 Å². The summed E-state index contributed by atoms with van der Waals surface area (Å²) >= 11 is 0. The van der Waals surface area contributed by atoms with Crippen LogP contribution in [0.5, 0.6) is 0 Å². The smallest absolute Gasteiger partial charge is 0.322 e. The first-order chi connectivity index (χ1) is 20.3. The van der Waals surface area contributed by atoms with Crippen LogP contribution in [-0.2, 0) is 32.3 Å². The first-order valence-corrected chi connectivity index (χ1v) is 14.1. The van der Waals surface area contributed by atoms with E-state index in [1.54, 1.807) is 17.3 Å². The zero-order chi connectivity index (χ0) is 29.6. The van der Waals surface area contributed by atoms with E-state index in [4.69, 9.17) is 0 Å². The van der Waals surface area contributed by atoms with Crippen molar-refractivity contribution < 1.29 is 24.0 Å². The summed E-state index contributed by atoms with van der Waals surface area (Å²) in [6, 6.07) is 9.26. The van der Waals surface area contributed by atoms with Crippen molar-refractivity contribution in [3.05, 3.63) is 71.6 Å². The van der Waals surface area contributed by atoms with Gasteiger partial charge < -0.3 is 15.5 Å². The third kappa shape index (κ3) is 6.70. The normalized spacial score (nSPS) is 17.9. The molecule has 1 atom stereocenters. The third-order valence-corrected chi connectivity index (χ3v) is 7.48. The second-order valence-electron chi connectivity index (χ2n) is 10.6. The fourth-order valence-electron chi connectivity index (χ4n) is 5.13. The van der Waals surface area contributed by atoms with Crippen LogP contribution in [0.3, 0.4) is 0 Å². The van der Waals surface area contributed by atoms with E-state index in [-0.39, 0.29) is 30.3 Å². The van der Waals surface area contributed by atoms with Gasteiger partial charge in [-0.25, -0.2) is 9.80 Å². The van der Waals surface area contributed by atoms with Crippen LogP contribution in [0.1, 0.15) is 49.3 Å². The van der Waals surface area contributed by atoms with Crippen LogP contribution in [-0.4, -0.2) is 74.8 Å². The molecule has 3 aliphatic rings. The summed E-state index contributed by atoms with van der Waals surface area (Å²) in [6.07, 6.45) is 8.35. The summed E-state index contributed by atoms with van der Waals surface area (Å²) < 4.78 is 0. The number of unbranched alkanes of at least 4 members (excludes halogenated alkanes) is 2. The highest BCUT2D eigenvalue weighted by Gasteiger charge is 2.28. The number of fused-ring (bicyclic) bond motifs is 1. The SMILES string of the molecule is CC1CC(=O)N(CCCCCNC(=O)CN2C(=O)C=CC2=O)N=C1c1ccc(NC(=O)N2Cc3ccncc3C2)cc1. The molecule has 5 rings (SSSR count). The second-order valence-corrected chi connectivity index (χ2v) is 10.6. The number of pyridine rings is 1. The molecular formula is C30H33N7O5. The number of rotatable bonds is 10. The number of nitrogens with zero attached hydrogens (tertiary/aromatic N) is 5. The van der Waals surface area contributed by atoms with E-state index in [1.807, 2.05) is 37.3 Å². The molecule has 4 heterocycles. The van der Waals surface area contributed by atoms with Crippen LogP contribution in [0.2, 0.25) is 0 Å². The molecule has 1 aromatic carbocycles. The highest BCUT2D eigenvalue weighted by atomic mass is 16.2. The lowest BCUT2D eigenvalue weighted by atomic mass is 9.93. The predicted octanol–water partition coefficient (Wildman–Crippen LogP) is 2.41. The lowest BCUT2D eigenvalue weighted by Crippen LogP contribution is -2.40. The van der Waals surface area contributed by atoms with Crippen molar-refractivity contribution in [2.45, 2.75) is 45.7 Å². The van der Waals surface area contributed by atoms with Gasteiger partial charge in [0.15, 0.2) is 0 Å². The third-order valence-electron chi connectivity index (χ3n) is 7.48. The van der Waals surface area contributed by atoms with E-state index in [0.29, 0.717) is 51.1 Å². The van der Waals surface area contributed by atoms with E-state index in [1.165, 1.54) is 5.01 Å². The van der Waals surface area contributed by atoms with E-state index < -0.39 is 11.8 Å². The Morgan fingerprint density at radius 2 is 1.69 bits per heavy atom. The Kier molecular flexibility index (Phi) is 8.70. The number of aromatic nitrogens is 1. The van der Waals surface area contributed by atoms with Crippen molar-refractivity contribution in [2.24, 2.45) is 11.0 Å². The van der Waals surface area contributed by atoms with E-state index >= 15 is 0 Å². The lowest BCUT2D eigenvalue weighted by Gasteiger charge is -2.28. The molecule has 3 aliphatic heterocycles. The Morgan fingerprint density at radius 3 is 2.43 bits per heavy atom. The summed E-state index contributed by atoms with van der Waals surface area (Å²) in [6.45, 7) is 3.64. The molecular weight excluding hydrogens is 538 g/mol. The molecule has 42 heavy (non-hydrogen) atoms. The zero-order valence-electron chi connectivity index (χ0n) is 23.4. The molecule has 0 saturated carbocycles. The maximum Gasteiger partial charge on any atom is 0.322 e. The van der Waals surface area contributed by atoms with Crippen LogP contribution in [0.4, 0.5) is 10.5 Å². The molecule has 12 heteroatoms. The molecule has 1 aromatic heterocycles. The van der Waals surface area contributed by atoms with Gasteiger partial charge in [0.05, 0.1) is 5.71 Å². The first-order valence-electron chi connectivity index (χ1n) is 14.1. The standard InChI is InChI=1S/C30H33N7O5/c1-20-15-28(41)37(14-4-2-3-12-32-25(38)19-36-26(39)9-10-27(36)40)34-29(20)21-5-7-24(8-6-21)33-30(42)35-17-22-11-13-31-16-23(22)18-35/h5-11,13,16,20H,2-4,12,14-15,17-19H2,1H3,(H,32,38)(H,33,42). The summed E-state index contributed by atoms with van der Waals surface area (Å²) in [5, 5.41) is 11.8. The van der Waals surface area contributed by atoms with Crippen molar-refractivity contribution in [2.75, 3.05) is 25.0 Å². The maximum absolute atomic E-state index is 12.8. The molecule has 12 nitrogen and oxygen atoms in total. The Balaban J connectivity index is 1.07. The predicted molar refractivity (Wildman–Crippen MR) is 154 cm³/mol. The van der Waals surface area contributed by atoms with Gasteiger partial charge in [0.2, 0.25) is 11.8 Å². The van der Waals surface area contributed by atoms with Crippen molar-refractivity contribution >= 4 is 41.1 Å². The largest absolute Gasteiger partial charge is 0.355 e. The minimum Gasteiger partial charge on any atom is -0.355 e. The number of nitrogens with one attached hydrogen (secondary N) is 2. The minimum absolute atomic E-state index is 0.0289. The van der Waals surface area contributed by atoms with Gasteiger partial charge >= 0.3 is 6.03 Å². The fraction of sp³-hybridized carbons (Fsp3) is 0.367. The molecule has 2 aromatic rings. The molecule has 6 amide bonds. The monoisotopic (exact) mass is 571 g/mol. The molecule has 0 radical (unpaired) electrons. The molecule has 0 aliphatic carbocycles. The number of carbonyl (C=O) groups excluding carboxylic acids is 5. The zero-order valence-corrected chi connectivity index (χ0v) is 23.4. The van der Waals surface area contributed by atoms with Gasteiger partial charge in [0, 0.05) is 68.8 Å². The van der Waals surface area contributed by atoms with E-state index in [0.717, 1.165) is 45.9 Å². The molecule has 1 unspecified atom stereocenters. The van der Waals surface area contributed by atoms with Crippen molar-refractivity contribution in [1.29, 1.82) is 0 Å².